The largest absolute Gasteiger partial charge is 0.339 e. The normalized spacial score (nSPS) is 24.4. The molecule has 0 saturated heterocycles. The highest BCUT2D eigenvalue weighted by atomic mass is 16.5. The topological polar surface area (TPSA) is 51.0 Å². The molecule has 1 aromatic rings. The molecular weight excluding hydrogens is 262 g/mol. The van der Waals surface area contributed by atoms with Gasteiger partial charge >= 0.3 is 0 Å². The van der Waals surface area contributed by atoms with Gasteiger partial charge in [0, 0.05) is 18.4 Å². The standard InChI is InChI=1S/C17H31N3O/c1-5-18-15(9-12(2)3)11-16-19-17(20-21-16)14-8-6-7-13(4)10-14/h12-15,18H,5-11H2,1-4H3. The summed E-state index contributed by atoms with van der Waals surface area (Å²) in [4.78, 5) is 4.68. The van der Waals surface area contributed by atoms with E-state index < -0.39 is 0 Å². The monoisotopic (exact) mass is 293 g/mol. The molecule has 21 heavy (non-hydrogen) atoms. The van der Waals surface area contributed by atoms with Crippen LogP contribution in [0.3, 0.4) is 0 Å². The molecule has 0 spiro atoms. The smallest absolute Gasteiger partial charge is 0.228 e. The Kier molecular flexibility index (Phi) is 6.22. The number of nitrogens with one attached hydrogen (secondary N) is 1. The fraction of sp³-hybridized carbons (Fsp3) is 0.882. The van der Waals surface area contributed by atoms with Gasteiger partial charge in [0.2, 0.25) is 5.89 Å². The third kappa shape index (κ3) is 5.10. The minimum absolute atomic E-state index is 0.438. The van der Waals surface area contributed by atoms with Crippen LogP contribution in [-0.4, -0.2) is 22.7 Å². The van der Waals surface area contributed by atoms with Crippen LogP contribution < -0.4 is 5.32 Å². The van der Waals surface area contributed by atoms with Gasteiger partial charge in [-0.05, 0) is 37.6 Å². The molecule has 1 N–H and O–H groups in total. The van der Waals surface area contributed by atoms with E-state index in [1.807, 2.05) is 0 Å². The molecule has 0 aromatic carbocycles. The average molecular weight is 293 g/mol. The Labute approximate surface area is 129 Å². The summed E-state index contributed by atoms with van der Waals surface area (Å²) >= 11 is 0. The Balaban J connectivity index is 1.94. The van der Waals surface area contributed by atoms with Crippen LogP contribution in [0.5, 0.6) is 0 Å². The molecule has 1 fully saturated rings. The number of rotatable bonds is 7. The molecular formula is C17H31N3O. The summed E-state index contributed by atoms with van der Waals surface area (Å²) in [6.45, 7) is 9.98. The van der Waals surface area contributed by atoms with Crippen molar-refractivity contribution in [2.24, 2.45) is 11.8 Å². The van der Waals surface area contributed by atoms with Gasteiger partial charge in [-0.3, -0.25) is 0 Å². The van der Waals surface area contributed by atoms with Crippen molar-refractivity contribution in [3.8, 4) is 0 Å². The molecule has 120 valence electrons. The van der Waals surface area contributed by atoms with Crippen LogP contribution in [0.1, 0.15) is 77.4 Å². The minimum Gasteiger partial charge on any atom is -0.339 e. The molecule has 0 radical (unpaired) electrons. The molecule has 1 saturated carbocycles. The first-order valence-electron chi connectivity index (χ1n) is 8.64. The van der Waals surface area contributed by atoms with Gasteiger partial charge in [0.05, 0.1) is 0 Å². The molecule has 4 nitrogen and oxygen atoms in total. The van der Waals surface area contributed by atoms with Crippen molar-refractivity contribution in [1.29, 1.82) is 0 Å². The third-order valence-electron chi connectivity index (χ3n) is 4.46. The summed E-state index contributed by atoms with van der Waals surface area (Å²) in [5.74, 6) is 3.72. The predicted octanol–water partition coefficient (Wildman–Crippen LogP) is 3.93. The quantitative estimate of drug-likeness (QED) is 0.827. The lowest BCUT2D eigenvalue weighted by Crippen LogP contribution is -2.32. The number of hydrogen-bond acceptors (Lipinski definition) is 4. The maximum Gasteiger partial charge on any atom is 0.228 e. The van der Waals surface area contributed by atoms with Gasteiger partial charge in [0.25, 0.3) is 0 Å². The Morgan fingerprint density at radius 1 is 1.33 bits per heavy atom. The molecule has 1 aliphatic carbocycles. The van der Waals surface area contributed by atoms with E-state index in [-0.39, 0.29) is 0 Å². The molecule has 1 heterocycles. The second-order valence-electron chi connectivity index (χ2n) is 7.10. The lowest BCUT2D eigenvalue weighted by Gasteiger charge is -2.23. The SMILES string of the molecule is CCNC(Cc1nc(C2CCCC(C)C2)no1)CC(C)C. The first-order chi connectivity index (χ1) is 10.1. The van der Waals surface area contributed by atoms with E-state index in [0.29, 0.717) is 17.9 Å². The van der Waals surface area contributed by atoms with Crippen LogP contribution in [-0.2, 0) is 6.42 Å². The first-order valence-corrected chi connectivity index (χ1v) is 8.64. The van der Waals surface area contributed by atoms with E-state index in [1.165, 1.54) is 25.7 Å². The molecule has 0 bridgehead atoms. The van der Waals surface area contributed by atoms with Crippen molar-refractivity contribution >= 4 is 0 Å². The van der Waals surface area contributed by atoms with Crippen LogP contribution in [0.4, 0.5) is 0 Å². The maximum absolute atomic E-state index is 5.51. The van der Waals surface area contributed by atoms with Gasteiger partial charge in [-0.1, -0.05) is 45.7 Å². The molecule has 3 atom stereocenters. The highest BCUT2D eigenvalue weighted by Gasteiger charge is 2.25. The number of hydrogen-bond donors (Lipinski definition) is 1. The predicted molar refractivity (Wildman–Crippen MR) is 85.3 cm³/mol. The van der Waals surface area contributed by atoms with E-state index in [9.17, 15) is 0 Å². The lowest BCUT2D eigenvalue weighted by molar-refractivity contribution is 0.314. The number of nitrogens with zero attached hydrogens (tertiary/aromatic N) is 2. The molecule has 0 aliphatic heterocycles. The third-order valence-corrected chi connectivity index (χ3v) is 4.46. The molecule has 3 unspecified atom stereocenters. The number of likely N-dealkylation sites (N-methyl/N-ethyl adjacent to an activating group) is 1. The van der Waals surface area contributed by atoms with Gasteiger partial charge in [0.1, 0.15) is 0 Å². The van der Waals surface area contributed by atoms with Crippen LogP contribution in [0, 0.1) is 11.8 Å². The molecule has 1 aliphatic rings. The highest BCUT2D eigenvalue weighted by molar-refractivity contribution is 4.99. The zero-order chi connectivity index (χ0) is 15.2. The van der Waals surface area contributed by atoms with Crippen molar-refractivity contribution < 1.29 is 4.52 Å². The van der Waals surface area contributed by atoms with E-state index >= 15 is 0 Å². The second-order valence-corrected chi connectivity index (χ2v) is 7.10. The zero-order valence-corrected chi connectivity index (χ0v) is 14.1. The van der Waals surface area contributed by atoms with E-state index in [2.05, 4.69) is 43.2 Å². The van der Waals surface area contributed by atoms with Crippen molar-refractivity contribution in [2.75, 3.05) is 6.54 Å². The van der Waals surface area contributed by atoms with Crippen LogP contribution in [0.25, 0.3) is 0 Å². The fourth-order valence-corrected chi connectivity index (χ4v) is 3.49. The average Bonchev–Trinajstić information content (AvgIpc) is 2.87. The second kappa shape index (κ2) is 7.92. The summed E-state index contributed by atoms with van der Waals surface area (Å²) in [5.41, 5.74) is 0. The van der Waals surface area contributed by atoms with Gasteiger partial charge in [-0.15, -0.1) is 0 Å². The Bertz CT molecular complexity index is 416. The lowest BCUT2D eigenvalue weighted by atomic mass is 9.82. The fourth-order valence-electron chi connectivity index (χ4n) is 3.49. The Morgan fingerprint density at radius 2 is 2.14 bits per heavy atom. The van der Waals surface area contributed by atoms with Crippen LogP contribution in [0.15, 0.2) is 4.52 Å². The Hall–Kier alpha value is -0.900. The van der Waals surface area contributed by atoms with Crippen molar-refractivity contribution in [2.45, 2.75) is 78.2 Å². The van der Waals surface area contributed by atoms with Gasteiger partial charge in [-0.25, -0.2) is 0 Å². The van der Waals surface area contributed by atoms with Crippen LogP contribution in [0.2, 0.25) is 0 Å². The zero-order valence-electron chi connectivity index (χ0n) is 14.1. The first kappa shape index (κ1) is 16.5. The summed E-state index contributed by atoms with van der Waals surface area (Å²) < 4.78 is 5.51. The van der Waals surface area contributed by atoms with Crippen LogP contribution >= 0.6 is 0 Å². The highest BCUT2D eigenvalue weighted by Crippen LogP contribution is 2.34. The number of aromatic nitrogens is 2. The molecule has 0 amide bonds. The molecule has 2 rings (SSSR count). The van der Waals surface area contributed by atoms with E-state index in [0.717, 1.165) is 37.0 Å². The van der Waals surface area contributed by atoms with Crippen molar-refractivity contribution in [1.82, 2.24) is 15.5 Å². The van der Waals surface area contributed by atoms with E-state index in [1.54, 1.807) is 0 Å². The summed E-state index contributed by atoms with van der Waals surface area (Å²) in [7, 11) is 0. The van der Waals surface area contributed by atoms with Gasteiger partial charge in [0.15, 0.2) is 5.82 Å². The van der Waals surface area contributed by atoms with E-state index in [4.69, 9.17) is 4.52 Å². The molecule has 1 aromatic heterocycles. The summed E-state index contributed by atoms with van der Waals surface area (Å²) in [5, 5.41) is 7.78. The Morgan fingerprint density at radius 3 is 2.81 bits per heavy atom. The maximum atomic E-state index is 5.51. The van der Waals surface area contributed by atoms with Gasteiger partial charge < -0.3 is 9.84 Å². The molecule has 4 heteroatoms. The van der Waals surface area contributed by atoms with Crippen molar-refractivity contribution in [3.63, 3.8) is 0 Å². The summed E-state index contributed by atoms with van der Waals surface area (Å²) in [6, 6.07) is 0.438. The summed E-state index contributed by atoms with van der Waals surface area (Å²) in [6.07, 6.45) is 7.06. The van der Waals surface area contributed by atoms with Gasteiger partial charge in [-0.2, -0.15) is 4.98 Å². The minimum atomic E-state index is 0.438. The van der Waals surface area contributed by atoms with Crippen molar-refractivity contribution in [3.05, 3.63) is 11.7 Å².